The average Bonchev–Trinajstić information content (AvgIpc) is 3.30. The maximum absolute atomic E-state index is 15.7. The molecule has 0 bridgehead atoms. The van der Waals surface area contributed by atoms with Gasteiger partial charge in [-0.1, -0.05) is 61.3 Å². The van der Waals surface area contributed by atoms with Crippen molar-refractivity contribution in [2.24, 2.45) is 0 Å². The topological polar surface area (TPSA) is 50.2 Å². The first-order valence-corrected chi connectivity index (χ1v) is 11.1. The van der Waals surface area contributed by atoms with Gasteiger partial charge in [0.25, 0.3) is 5.91 Å². The third-order valence-corrected chi connectivity index (χ3v) is 5.99. The molecule has 1 amide bonds. The Morgan fingerprint density at radius 3 is 2.68 bits per heavy atom. The largest absolute Gasteiger partial charge is 0.302 e. The molecule has 31 heavy (non-hydrogen) atoms. The number of hydrogen-bond donors (Lipinski definition) is 1. The van der Waals surface area contributed by atoms with E-state index in [1.54, 1.807) is 6.07 Å². The molecule has 1 N–H and O–H groups in total. The molecule has 0 spiro atoms. The first-order valence-electron chi connectivity index (χ1n) is 10.7. The summed E-state index contributed by atoms with van der Waals surface area (Å²) in [7, 11) is 0. The van der Waals surface area contributed by atoms with Gasteiger partial charge in [-0.2, -0.15) is 0 Å². The molecule has 7 heteroatoms. The Bertz CT molecular complexity index is 1060. The first kappa shape index (κ1) is 21.5. The summed E-state index contributed by atoms with van der Waals surface area (Å²) in [5, 5.41) is 2.46. The van der Waals surface area contributed by atoms with Crippen LogP contribution in [0.3, 0.4) is 0 Å². The summed E-state index contributed by atoms with van der Waals surface area (Å²) in [6.07, 6.45) is 5.40. The molecule has 4 rings (SSSR count). The number of hydrazine groups is 1. The van der Waals surface area contributed by atoms with Crippen LogP contribution in [0, 0.1) is 0 Å². The van der Waals surface area contributed by atoms with Gasteiger partial charge in [-0.3, -0.25) is 10.2 Å². The van der Waals surface area contributed by atoms with Crippen LogP contribution in [0.15, 0.2) is 55.0 Å². The number of aromatic nitrogens is 2. The maximum atomic E-state index is 15.7. The molecule has 2 aromatic carbocycles. The Labute approximate surface area is 186 Å². The van der Waals surface area contributed by atoms with Gasteiger partial charge < -0.3 is 4.57 Å². The fourth-order valence-electron chi connectivity index (χ4n) is 3.90. The zero-order valence-electron chi connectivity index (χ0n) is 17.5. The monoisotopic (exact) mass is 440 g/mol. The third-order valence-electron chi connectivity index (χ3n) is 5.66. The zero-order valence-corrected chi connectivity index (χ0v) is 18.3. The second-order valence-corrected chi connectivity index (χ2v) is 8.19. The van der Waals surface area contributed by atoms with Crippen molar-refractivity contribution in [2.45, 2.75) is 38.9 Å². The molecule has 1 aromatic heterocycles. The number of hydrogen-bond acceptors (Lipinski definition) is 3. The normalized spacial score (nSPS) is 15.6. The van der Waals surface area contributed by atoms with Crippen LogP contribution in [0.5, 0.6) is 0 Å². The fraction of sp³-hybridized carbons (Fsp3) is 0.333. The van der Waals surface area contributed by atoms with Crippen LogP contribution in [0.25, 0.3) is 11.1 Å². The van der Waals surface area contributed by atoms with E-state index in [0.717, 1.165) is 49.0 Å². The third kappa shape index (κ3) is 4.81. The number of carbonyl (C=O) groups excluding carboxylic acids is 1. The van der Waals surface area contributed by atoms with E-state index in [9.17, 15) is 4.79 Å². The highest BCUT2D eigenvalue weighted by Crippen LogP contribution is 2.36. The molecule has 1 aliphatic rings. The number of carbonyl (C=O) groups is 1. The first-order chi connectivity index (χ1) is 15.1. The molecule has 1 atom stereocenters. The van der Waals surface area contributed by atoms with E-state index < -0.39 is 6.30 Å². The van der Waals surface area contributed by atoms with Crippen LogP contribution < -0.4 is 5.43 Å². The van der Waals surface area contributed by atoms with Crippen LogP contribution in [-0.2, 0) is 6.42 Å². The molecular weight excluding hydrogens is 415 g/mol. The average molecular weight is 441 g/mol. The van der Waals surface area contributed by atoms with E-state index in [4.69, 9.17) is 11.6 Å². The van der Waals surface area contributed by atoms with Crippen molar-refractivity contribution in [3.05, 3.63) is 76.8 Å². The summed E-state index contributed by atoms with van der Waals surface area (Å²) >= 11 is 6.39. The number of aryl methyl sites for hydroxylation is 1. The predicted molar refractivity (Wildman–Crippen MR) is 121 cm³/mol. The van der Waals surface area contributed by atoms with Gasteiger partial charge in [-0.25, -0.2) is 14.4 Å². The highest BCUT2D eigenvalue weighted by atomic mass is 35.5. The highest BCUT2D eigenvalue weighted by Gasteiger charge is 2.22. The summed E-state index contributed by atoms with van der Waals surface area (Å²) in [4.78, 5) is 16.7. The maximum Gasteiger partial charge on any atom is 0.285 e. The molecule has 1 aliphatic heterocycles. The van der Waals surface area contributed by atoms with Crippen molar-refractivity contribution in [2.75, 3.05) is 13.1 Å². The number of piperidine rings is 1. The summed E-state index contributed by atoms with van der Waals surface area (Å²) in [5.41, 5.74) is 6.08. The van der Waals surface area contributed by atoms with Crippen molar-refractivity contribution >= 4 is 17.5 Å². The number of amides is 1. The van der Waals surface area contributed by atoms with Gasteiger partial charge >= 0.3 is 0 Å². The number of nitrogens with one attached hydrogen (secondary N) is 1. The second-order valence-electron chi connectivity index (χ2n) is 7.79. The van der Waals surface area contributed by atoms with E-state index in [2.05, 4.69) is 10.4 Å². The molecule has 3 aromatic rings. The van der Waals surface area contributed by atoms with Crippen LogP contribution in [0.1, 0.15) is 54.1 Å². The van der Waals surface area contributed by atoms with Crippen molar-refractivity contribution < 1.29 is 9.18 Å². The molecule has 0 aliphatic carbocycles. The van der Waals surface area contributed by atoms with Gasteiger partial charge in [0.1, 0.15) is 5.69 Å². The number of benzene rings is 2. The van der Waals surface area contributed by atoms with Crippen molar-refractivity contribution in [3.8, 4) is 11.1 Å². The van der Waals surface area contributed by atoms with Gasteiger partial charge in [0.05, 0.1) is 6.33 Å². The summed E-state index contributed by atoms with van der Waals surface area (Å²) in [6, 6.07) is 13.2. The predicted octanol–water partition coefficient (Wildman–Crippen LogP) is 5.41. The molecule has 1 fully saturated rings. The van der Waals surface area contributed by atoms with Crippen molar-refractivity contribution in [1.82, 2.24) is 20.0 Å². The lowest BCUT2D eigenvalue weighted by atomic mass is 9.96. The van der Waals surface area contributed by atoms with Crippen molar-refractivity contribution in [1.29, 1.82) is 0 Å². The second kappa shape index (κ2) is 9.62. The van der Waals surface area contributed by atoms with E-state index in [1.807, 2.05) is 48.3 Å². The molecule has 1 unspecified atom stereocenters. The van der Waals surface area contributed by atoms with Crippen LogP contribution >= 0.6 is 11.6 Å². The Morgan fingerprint density at radius 2 is 1.94 bits per heavy atom. The Hall–Kier alpha value is -2.70. The molecule has 0 saturated carbocycles. The molecule has 162 valence electrons. The standard InChI is InChI=1S/C24H26ClFN4O/c1-2-17-10-11-18(19-8-4-5-9-21(19)25)20(14-17)23(26)29-15-22(27-16-29)24(31)28-30-12-6-3-7-13-30/h4-5,8-11,14-16,23H,2-3,6-7,12-13H2,1H3,(H,28,31). The van der Waals surface area contributed by atoms with Crippen molar-refractivity contribution in [3.63, 3.8) is 0 Å². The summed E-state index contributed by atoms with van der Waals surface area (Å²) in [6.45, 7) is 3.67. The number of rotatable bonds is 6. The minimum absolute atomic E-state index is 0.194. The SMILES string of the molecule is CCc1ccc(-c2ccccc2Cl)c(C(F)n2cnc(C(=O)NN3CCCCC3)c2)c1. The number of nitrogens with zero attached hydrogens (tertiary/aromatic N) is 3. The number of alkyl halides is 1. The molecule has 0 radical (unpaired) electrons. The lowest BCUT2D eigenvalue weighted by Crippen LogP contribution is -2.45. The lowest BCUT2D eigenvalue weighted by molar-refractivity contribution is 0.0745. The molecular formula is C24H26ClFN4O. The van der Waals surface area contributed by atoms with E-state index in [-0.39, 0.29) is 11.6 Å². The van der Waals surface area contributed by atoms with E-state index in [0.29, 0.717) is 10.6 Å². The number of imidazole rings is 1. The molecule has 1 saturated heterocycles. The summed E-state index contributed by atoms with van der Waals surface area (Å²) in [5.74, 6) is -0.318. The van der Waals surface area contributed by atoms with Crippen LogP contribution in [0.2, 0.25) is 5.02 Å². The lowest BCUT2D eigenvalue weighted by Gasteiger charge is -2.26. The molecule has 2 heterocycles. The van der Waals surface area contributed by atoms with Gasteiger partial charge in [0, 0.05) is 35.4 Å². The van der Waals surface area contributed by atoms with Gasteiger partial charge in [0.15, 0.2) is 0 Å². The Morgan fingerprint density at radius 1 is 1.16 bits per heavy atom. The van der Waals surface area contributed by atoms with E-state index in [1.165, 1.54) is 23.5 Å². The van der Waals surface area contributed by atoms with Gasteiger partial charge in [0.2, 0.25) is 6.30 Å². The zero-order chi connectivity index (χ0) is 21.8. The minimum atomic E-state index is -1.50. The highest BCUT2D eigenvalue weighted by molar-refractivity contribution is 6.33. The molecule has 5 nitrogen and oxygen atoms in total. The fourth-order valence-corrected chi connectivity index (χ4v) is 4.14. The smallest absolute Gasteiger partial charge is 0.285 e. The van der Waals surface area contributed by atoms with Crippen LogP contribution in [-0.4, -0.2) is 33.6 Å². The van der Waals surface area contributed by atoms with Gasteiger partial charge in [-0.15, -0.1) is 0 Å². The van der Waals surface area contributed by atoms with Crippen LogP contribution in [0.4, 0.5) is 4.39 Å². The summed E-state index contributed by atoms with van der Waals surface area (Å²) < 4.78 is 17.1. The number of halogens is 2. The Kier molecular flexibility index (Phi) is 6.68. The Balaban J connectivity index is 1.61. The van der Waals surface area contributed by atoms with E-state index >= 15 is 4.39 Å². The quantitative estimate of drug-likeness (QED) is 0.557. The van der Waals surface area contributed by atoms with Gasteiger partial charge in [-0.05, 0) is 36.5 Å². The minimum Gasteiger partial charge on any atom is -0.302 e.